The largest absolute Gasteiger partial charge is 0.508 e. The number of aliphatic hydroxyl groups is 2. The second-order valence-corrected chi connectivity index (χ2v) is 36.3. The number of carbonyl (C=O) groups excluding carboxylic acids is 18. The smallest absolute Gasteiger partial charge is 0.264 e. The number of nitrogens with zero attached hydrogens (tertiary/aromatic N) is 2. The molecule has 770 valence electrons. The first-order valence-electron chi connectivity index (χ1n) is 48.3. The highest BCUT2D eigenvalue weighted by Gasteiger charge is 2.41. The molecule has 1 fully saturated rings. The van der Waals surface area contributed by atoms with Gasteiger partial charge < -0.3 is 134 Å². The van der Waals surface area contributed by atoms with Crippen molar-refractivity contribution < 1.29 is 102 Å². The highest BCUT2D eigenvalue weighted by Crippen LogP contribution is 2.21. The Kier molecular flexibility index (Phi) is 60.3. The number of benzene rings is 1. The number of hydrogen-bond acceptors (Lipinski definition) is 26. The number of phenols is 1. The van der Waals surface area contributed by atoms with Crippen molar-refractivity contribution in [3.05, 3.63) is 29.8 Å². The van der Waals surface area contributed by atoms with Gasteiger partial charge in [-0.1, -0.05) is 138 Å². The number of hydrogen-bond donors (Lipinski definition) is 24. The zero-order chi connectivity index (χ0) is 102. The predicted molar refractivity (Wildman–Crippen MR) is 510 cm³/mol. The molecule has 18 amide bonds. The van der Waals surface area contributed by atoms with Crippen molar-refractivity contribution in [1.29, 1.82) is 0 Å². The first kappa shape index (κ1) is 121. The SMILES string of the molecule is CCCCCCCCCCCCCCCC(=O)NCCCNC(=O)/C=N/NCC(=O)N1CCC[C@H]1C(=O)N[C@@H](CCCCN)C(=O)N[C@@H](Cc1ccc(O)cc1)C(=O)N[C@H](C(=O)N[C@@H](CCCCN)C(=O)N[C@@H](CCC(N)=O)C(=O)N[C@@H](CC(N)=O)C(=O)N[C@H](C(=O)N[C@@H](CC(C)C)C(=O)N[C@@H](CCCCN)C(=O)N[C@@H](CC(C)C)C(=O)N[C@@H](C)C(=O)N[C@H](C(N)=O)[C@@H](C)O)[C@@H](C)O)C(C)C. The molecule has 0 bridgehead atoms. The van der Waals surface area contributed by atoms with E-state index >= 15 is 0 Å². The molecule has 0 unspecified atom stereocenters. The molecule has 0 aromatic heterocycles. The molecule has 0 saturated carbocycles. The number of hydrazone groups is 1. The second kappa shape index (κ2) is 67.9. The average Bonchev–Trinajstić information content (AvgIpc) is 1.56. The van der Waals surface area contributed by atoms with Crippen LogP contribution in [-0.4, -0.2) is 269 Å². The highest BCUT2D eigenvalue weighted by atomic mass is 16.3. The topological polar surface area (TPSA) is 720 Å². The summed E-state index contributed by atoms with van der Waals surface area (Å²) in [6.45, 7) is 16.7. The van der Waals surface area contributed by atoms with Crippen LogP contribution in [0.5, 0.6) is 5.75 Å². The van der Waals surface area contributed by atoms with Gasteiger partial charge in [-0.15, -0.1) is 0 Å². The Bertz CT molecular complexity index is 3950. The Morgan fingerprint density at radius 3 is 1.32 bits per heavy atom. The molecular weight excluding hydrogens is 1760 g/mol. The van der Waals surface area contributed by atoms with Gasteiger partial charge in [-0.3, -0.25) is 86.3 Å². The molecule has 44 heteroatoms. The molecule has 1 aliphatic heterocycles. The third-order valence-electron chi connectivity index (χ3n) is 22.8. The van der Waals surface area contributed by atoms with Crippen molar-refractivity contribution in [2.24, 2.45) is 57.3 Å². The van der Waals surface area contributed by atoms with Crippen LogP contribution < -0.4 is 114 Å². The van der Waals surface area contributed by atoms with Crippen molar-refractivity contribution in [1.82, 2.24) is 84.8 Å². The fourth-order valence-corrected chi connectivity index (χ4v) is 15.0. The van der Waals surface area contributed by atoms with Crippen LogP contribution in [0.3, 0.4) is 0 Å². The van der Waals surface area contributed by atoms with Gasteiger partial charge in [-0.25, -0.2) is 0 Å². The van der Waals surface area contributed by atoms with Crippen LogP contribution >= 0.6 is 0 Å². The van der Waals surface area contributed by atoms with Gasteiger partial charge in [0.2, 0.25) is 100 Å². The van der Waals surface area contributed by atoms with Crippen molar-refractivity contribution in [3.8, 4) is 5.75 Å². The molecule has 1 aromatic rings. The first-order chi connectivity index (χ1) is 64.5. The molecular formula is C92H161N23O21. The number of aromatic hydroxyl groups is 1. The van der Waals surface area contributed by atoms with E-state index in [4.69, 9.17) is 34.4 Å². The normalized spacial score (nSPS) is 15.6. The number of primary amides is 3. The summed E-state index contributed by atoms with van der Waals surface area (Å²) in [6.07, 6.45) is 14.2. The number of unbranched alkanes of at least 4 members (excludes halogenated alkanes) is 15. The van der Waals surface area contributed by atoms with E-state index in [1.165, 1.54) is 107 Å². The third kappa shape index (κ3) is 50.0. The van der Waals surface area contributed by atoms with Gasteiger partial charge >= 0.3 is 0 Å². The van der Waals surface area contributed by atoms with Gasteiger partial charge in [0.25, 0.3) is 5.91 Å². The number of amides is 18. The maximum absolute atomic E-state index is 14.9. The molecule has 1 saturated heterocycles. The van der Waals surface area contributed by atoms with Crippen LogP contribution in [0.4, 0.5) is 0 Å². The zero-order valence-electron chi connectivity index (χ0n) is 81.4. The van der Waals surface area contributed by atoms with E-state index in [0.29, 0.717) is 57.1 Å². The number of carbonyl (C=O) groups is 18. The Labute approximate surface area is 799 Å². The van der Waals surface area contributed by atoms with Crippen LogP contribution in [0.1, 0.15) is 274 Å². The van der Waals surface area contributed by atoms with Gasteiger partial charge in [0.15, 0.2) is 0 Å². The molecule has 2 rings (SSSR count). The van der Waals surface area contributed by atoms with Crippen molar-refractivity contribution in [2.45, 2.75) is 365 Å². The summed E-state index contributed by atoms with van der Waals surface area (Å²) >= 11 is 0. The van der Waals surface area contributed by atoms with Gasteiger partial charge in [-0.05, 0) is 179 Å². The Morgan fingerprint density at radius 1 is 0.426 bits per heavy atom. The van der Waals surface area contributed by atoms with E-state index in [1.54, 1.807) is 41.5 Å². The minimum absolute atomic E-state index is 0.00905. The molecule has 0 aliphatic carbocycles. The van der Waals surface area contributed by atoms with E-state index in [-0.39, 0.29) is 114 Å². The van der Waals surface area contributed by atoms with Gasteiger partial charge in [0, 0.05) is 38.9 Å². The third-order valence-corrected chi connectivity index (χ3v) is 22.8. The maximum atomic E-state index is 14.9. The van der Waals surface area contributed by atoms with Crippen molar-refractivity contribution in [2.75, 3.05) is 45.8 Å². The van der Waals surface area contributed by atoms with Gasteiger partial charge in [0.1, 0.15) is 97.1 Å². The lowest BCUT2D eigenvalue weighted by Gasteiger charge is -2.30. The lowest BCUT2D eigenvalue weighted by Crippen LogP contribution is -2.62. The van der Waals surface area contributed by atoms with E-state index in [2.05, 4.69) is 91.9 Å². The van der Waals surface area contributed by atoms with E-state index < -0.39 is 223 Å². The number of nitrogens with one attached hydrogen (secondary N) is 15. The summed E-state index contributed by atoms with van der Waals surface area (Å²) < 4.78 is 0. The van der Waals surface area contributed by atoms with Crippen molar-refractivity contribution >= 4 is 113 Å². The summed E-state index contributed by atoms with van der Waals surface area (Å²) in [5, 5.41) is 71.1. The molecule has 136 heavy (non-hydrogen) atoms. The number of aliphatic hydroxyl groups excluding tert-OH is 2. The summed E-state index contributed by atoms with van der Waals surface area (Å²) in [5.41, 5.74) is 36.9. The number of phenolic OH excluding ortho intramolecular Hbond substituents is 1. The van der Waals surface area contributed by atoms with E-state index in [9.17, 15) is 102 Å². The summed E-state index contributed by atoms with van der Waals surface area (Å²) in [7, 11) is 0. The van der Waals surface area contributed by atoms with E-state index in [0.717, 1.165) is 32.4 Å². The van der Waals surface area contributed by atoms with Crippen LogP contribution in [0.25, 0.3) is 0 Å². The van der Waals surface area contributed by atoms with Crippen LogP contribution in [0.2, 0.25) is 0 Å². The lowest BCUT2D eigenvalue weighted by atomic mass is 9.99. The van der Waals surface area contributed by atoms with Gasteiger partial charge in [0.05, 0.1) is 18.6 Å². The fraction of sp³-hybridized carbons (Fsp3) is 0.728. The number of nitrogens with two attached hydrogens (primary N) is 6. The quantitative estimate of drug-likeness (QED) is 0.0190. The van der Waals surface area contributed by atoms with Crippen LogP contribution in [0.15, 0.2) is 29.4 Å². The predicted octanol–water partition coefficient (Wildman–Crippen LogP) is -2.03. The molecule has 30 N–H and O–H groups in total. The molecule has 1 aliphatic rings. The monoisotopic (exact) mass is 1920 g/mol. The molecule has 0 spiro atoms. The molecule has 1 heterocycles. The molecule has 44 nitrogen and oxygen atoms in total. The first-order valence-corrected chi connectivity index (χ1v) is 48.3. The van der Waals surface area contributed by atoms with Crippen LogP contribution in [-0.2, 0) is 92.7 Å². The standard InChI is InChI=1S/C92H161N23O21/c1-11-12-13-14-15-16-17-18-19-20-21-22-23-36-74(121)99-46-31-47-100-75(122)53-101-102-54-76(123)115-48-30-35-71(115)90(134)106-64(33-25-28-44-94)84(128)109-69(51-61-37-39-62(118)40-38-61)88(132)112-77(57(6)7)91(135)107-65(34-26-29-45-95)82(126)105-66(41-42-72(96)119)85(129)110-70(52-73(97)120)89(133)114-79(60(10)117)92(136)111-68(50-56(4)5)87(131)104-63(32-24-27-43-93)83(127)108-67(49-55(2)3)86(130)103-58(8)81(125)113-78(59(9)116)80(98)124/h37-40,53,55-60,63-71,77-79,102,116-118H,11-36,41-52,54,93-95H2,1-10H3,(H2,96,119)(H2,97,120)(H2,98,124)(H,99,121)(H,100,122)(H,103,130)(H,104,131)(H,105,126)(H,106,134)(H,107,135)(H,108,127)(H,109,128)(H,110,129)(H,111,136)(H,112,132)(H,113,125)(H,114,133)/b101-53+/t58-,59+,60+,63-,64-,65-,66-,67-,68-,69-,70-,71-,77-,78-,79-/m0/s1. The minimum Gasteiger partial charge on any atom is -0.508 e. The summed E-state index contributed by atoms with van der Waals surface area (Å²) in [6, 6.07) is -14.2. The lowest BCUT2D eigenvalue weighted by molar-refractivity contribution is -0.139. The minimum atomic E-state index is -2.01. The Hall–Kier alpha value is -11.2. The van der Waals surface area contributed by atoms with Crippen LogP contribution in [0, 0.1) is 17.8 Å². The fourth-order valence-electron chi connectivity index (χ4n) is 15.0. The van der Waals surface area contributed by atoms with Gasteiger partial charge in [-0.2, -0.15) is 5.10 Å². The average molecular weight is 1930 g/mol. The maximum Gasteiger partial charge on any atom is 0.264 e. The Balaban J connectivity index is 2.37. The number of likely N-dealkylation sites (tertiary alicyclic amines) is 1. The van der Waals surface area contributed by atoms with E-state index in [1.807, 2.05) is 0 Å². The summed E-state index contributed by atoms with van der Waals surface area (Å²) in [5.74, 6) is -17.6. The molecule has 0 radical (unpaired) electrons. The summed E-state index contributed by atoms with van der Waals surface area (Å²) in [4.78, 5) is 249. The van der Waals surface area contributed by atoms with Crippen molar-refractivity contribution in [3.63, 3.8) is 0 Å². The second-order valence-electron chi connectivity index (χ2n) is 36.3. The Morgan fingerprint density at radius 2 is 0.838 bits per heavy atom. The number of rotatable bonds is 73. The highest BCUT2D eigenvalue weighted by molar-refractivity contribution is 6.26. The molecule has 15 atom stereocenters. The zero-order valence-corrected chi connectivity index (χ0v) is 81.4. The molecule has 1 aromatic carbocycles.